The van der Waals surface area contributed by atoms with Gasteiger partial charge in [0.2, 0.25) is 0 Å². The van der Waals surface area contributed by atoms with Crippen molar-refractivity contribution < 1.29 is 14.6 Å². The van der Waals surface area contributed by atoms with E-state index in [2.05, 4.69) is 9.97 Å². The highest BCUT2D eigenvalue weighted by Gasteiger charge is 2.40. The number of carbonyl (C=O) groups is 1. The van der Waals surface area contributed by atoms with Gasteiger partial charge in [-0.2, -0.15) is 0 Å². The van der Waals surface area contributed by atoms with Crippen LogP contribution in [0.1, 0.15) is 6.42 Å². The van der Waals surface area contributed by atoms with E-state index < -0.39 is 18.1 Å². The molecule has 0 bridgehead atoms. The second-order valence-corrected chi connectivity index (χ2v) is 7.03. The highest BCUT2D eigenvalue weighted by atomic mass is 35.5. The van der Waals surface area contributed by atoms with Gasteiger partial charge in [0.15, 0.2) is 6.04 Å². The number of rotatable bonds is 3. The van der Waals surface area contributed by atoms with Crippen molar-refractivity contribution in [2.24, 2.45) is 0 Å². The first-order valence-electron chi connectivity index (χ1n) is 8.31. The quantitative estimate of drug-likeness (QED) is 0.673. The lowest BCUT2D eigenvalue weighted by Crippen LogP contribution is -2.43. The Morgan fingerprint density at radius 3 is 2.89 bits per heavy atom. The molecule has 3 aromatic rings. The number of aliphatic hydroxyl groups is 1. The minimum atomic E-state index is -0.832. The Bertz CT molecular complexity index is 1010. The molecule has 1 aliphatic rings. The van der Waals surface area contributed by atoms with Crippen LogP contribution in [0.5, 0.6) is 0 Å². The van der Waals surface area contributed by atoms with Gasteiger partial charge >= 0.3 is 5.97 Å². The summed E-state index contributed by atoms with van der Waals surface area (Å²) < 4.78 is 6.69. The molecule has 7 nitrogen and oxygen atoms in total. The smallest absolute Gasteiger partial charge is 0.331 e. The van der Waals surface area contributed by atoms with E-state index in [1.165, 1.54) is 7.11 Å². The average Bonchev–Trinajstić information content (AvgIpc) is 3.33. The number of aromatic nitrogens is 3. The Labute approximate surface area is 165 Å². The molecule has 2 aromatic heterocycles. The van der Waals surface area contributed by atoms with E-state index in [1.54, 1.807) is 29.7 Å². The van der Waals surface area contributed by atoms with Crippen molar-refractivity contribution >= 4 is 45.9 Å². The second kappa shape index (κ2) is 6.99. The molecule has 4 rings (SSSR count). The SMILES string of the molecule is COC(=O)[C@H]1[C@@H](O)CCN1c1cc(-n2ccnc2)c2ccc(Cl)c(Cl)c2n1. The fourth-order valence-corrected chi connectivity index (χ4v) is 3.76. The summed E-state index contributed by atoms with van der Waals surface area (Å²) in [6.45, 7) is 0.459. The molecule has 1 saturated heterocycles. The largest absolute Gasteiger partial charge is 0.467 e. The summed E-state index contributed by atoms with van der Waals surface area (Å²) in [5.41, 5.74) is 1.30. The van der Waals surface area contributed by atoms with Crippen LogP contribution in [-0.2, 0) is 9.53 Å². The van der Waals surface area contributed by atoms with E-state index >= 15 is 0 Å². The molecular weight excluding hydrogens is 391 g/mol. The number of imidazole rings is 1. The summed E-state index contributed by atoms with van der Waals surface area (Å²) in [6, 6.07) is 4.56. The zero-order valence-corrected chi connectivity index (χ0v) is 15.9. The number of fused-ring (bicyclic) bond motifs is 1. The predicted octanol–water partition coefficient (Wildman–Crippen LogP) is 2.84. The van der Waals surface area contributed by atoms with E-state index in [-0.39, 0.29) is 0 Å². The third kappa shape index (κ3) is 3.01. The number of ether oxygens (including phenoxy) is 1. The maximum Gasteiger partial charge on any atom is 0.331 e. The number of halogens is 2. The van der Waals surface area contributed by atoms with Gasteiger partial charge in [0.1, 0.15) is 5.82 Å². The van der Waals surface area contributed by atoms with Gasteiger partial charge in [-0.25, -0.2) is 14.8 Å². The van der Waals surface area contributed by atoms with Crippen LogP contribution in [-0.4, -0.2) is 51.4 Å². The number of nitrogens with zero attached hydrogens (tertiary/aromatic N) is 4. The van der Waals surface area contributed by atoms with Crippen molar-refractivity contribution in [1.82, 2.24) is 14.5 Å². The van der Waals surface area contributed by atoms with Gasteiger partial charge in [0.05, 0.1) is 40.8 Å². The molecule has 9 heteroatoms. The average molecular weight is 407 g/mol. The first-order chi connectivity index (χ1) is 13.0. The Morgan fingerprint density at radius 2 is 2.19 bits per heavy atom. The lowest BCUT2D eigenvalue weighted by atomic mass is 10.1. The molecule has 1 aliphatic heterocycles. The number of pyridine rings is 1. The van der Waals surface area contributed by atoms with Crippen LogP contribution in [0.4, 0.5) is 5.82 Å². The maximum absolute atomic E-state index is 12.2. The van der Waals surface area contributed by atoms with Crippen molar-refractivity contribution in [3.63, 3.8) is 0 Å². The summed E-state index contributed by atoms with van der Waals surface area (Å²) in [7, 11) is 1.30. The molecule has 3 heterocycles. The molecule has 0 aliphatic carbocycles. The third-order valence-corrected chi connectivity index (χ3v) is 5.52. The summed E-state index contributed by atoms with van der Waals surface area (Å²) in [5.74, 6) is -0.00872. The van der Waals surface area contributed by atoms with Crippen LogP contribution >= 0.6 is 23.2 Å². The number of methoxy groups -OCH3 is 1. The van der Waals surface area contributed by atoms with Crippen LogP contribution in [0.25, 0.3) is 16.6 Å². The highest BCUT2D eigenvalue weighted by molar-refractivity contribution is 6.45. The molecule has 1 aromatic carbocycles. The van der Waals surface area contributed by atoms with Crippen molar-refractivity contribution in [1.29, 1.82) is 0 Å². The van der Waals surface area contributed by atoms with E-state index in [0.29, 0.717) is 34.3 Å². The van der Waals surface area contributed by atoms with Crippen molar-refractivity contribution in [2.45, 2.75) is 18.6 Å². The number of benzene rings is 1. The summed E-state index contributed by atoms with van der Waals surface area (Å²) in [4.78, 5) is 22.7. The first kappa shape index (κ1) is 18.0. The molecule has 0 unspecified atom stereocenters. The zero-order chi connectivity index (χ0) is 19.1. The minimum absolute atomic E-state index is 0.326. The van der Waals surface area contributed by atoms with Crippen molar-refractivity contribution in [2.75, 3.05) is 18.6 Å². The normalized spacial score (nSPS) is 19.6. The standard InChI is InChI=1S/C18H16Cl2N4O3/c1-27-18(26)17-13(25)4-6-24(17)14-8-12(23-7-5-21-9-23)10-2-3-11(19)15(20)16(10)22-14/h2-3,5,7-9,13,17,25H,4,6H2,1H3/t13-,17+/m0/s1. The Hall–Kier alpha value is -2.35. The van der Waals surface area contributed by atoms with Gasteiger partial charge in [-0.05, 0) is 18.6 Å². The maximum atomic E-state index is 12.2. The van der Waals surface area contributed by atoms with Crippen LogP contribution in [0, 0.1) is 0 Å². The topological polar surface area (TPSA) is 80.5 Å². The predicted molar refractivity (Wildman–Crippen MR) is 103 cm³/mol. The Kier molecular flexibility index (Phi) is 4.67. The Balaban J connectivity index is 1.94. The number of hydrogen-bond donors (Lipinski definition) is 1. The third-order valence-electron chi connectivity index (χ3n) is 4.72. The summed E-state index contributed by atoms with van der Waals surface area (Å²) >= 11 is 12.6. The van der Waals surface area contributed by atoms with E-state index in [1.807, 2.05) is 16.7 Å². The van der Waals surface area contributed by atoms with Gasteiger partial charge in [-0.3, -0.25) is 0 Å². The summed E-state index contributed by atoms with van der Waals surface area (Å²) in [6.07, 6.45) is 4.74. The fourth-order valence-electron chi connectivity index (χ4n) is 3.40. The Morgan fingerprint density at radius 1 is 1.37 bits per heavy atom. The molecule has 2 atom stereocenters. The fraction of sp³-hybridized carbons (Fsp3) is 0.278. The lowest BCUT2D eigenvalue weighted by Gasteiger charge is -2.26. The van der Waals surface area contributed by atoms with E-state index in [4.69, 9.17) is 27.9 Å². The van der Waals surface area contributed by atoms with Crippen molar-refractivity contribution in [3.8, 4) is 5.69 Å². The molecule has 0 spiro atoms. The van der Waals surface area contributed by atoms with Crippen LogP contribution in [0.15, 0.2) is 36.9 Å². The number of anilines is 1. The molecule has 140 valence electrons. The van der Waals surface area contributed by atoms with Gasteiger partial charge in [0.25, 0.3) is 0 Å². The summed E-state index contributed by atoms with van der Waals surface area (Å²) in [5, 5.41) is 11.8. The molecule has 1 fully saturated rings. The van der Waals surface area contributed by atoms with Crippen molar-refractivity contribution in [3.05, 3.63) is 47.0 Å². The van der Waals surface area contributed by atoms with Crippen LogP contribution in [0.3, 0.4) is 0 Å². The monoisotopic (exact) mass is 406 g/mol. The molecule has 0 saturated carbocycles. The molecule has 27 heavy (non-hydrogen) atoms. The van der Waals surface area contributed by atoms with Gasteiger partial charge in [-0.15, -0.1) is 0 Å². The molecular formula is C18H16Cl2N4O3. The van der Waals surface area contributed by atoms with Crippen LogP contribution < -0.4 is 4.90 Å². The second-order valence-electron chi connectivity index (χ2n) is 6.24. The molecule has 0 radical (unpaired) electrons. The number of carbonyl (C=O) groups excluding carboxylic acids is 1. The molecule has 0 amide bonds. The van der Waals surface area contributed by atoms with Gasteiger partial charge in [-0.1, -0.05) is 23.2 Å². The number of hydrogen-bond acceptors (Lipinski definition) is 6. The number of esters is 1. The van der Waals surface area contributed by atoms with Gasteiger partial charge < -0.3 is 19.3 Å². The minimum Gasteiger partial charge on any atom is -0.467 e. The first-order valence-corrected chi connectivity index (χ1v) is 9.06. The van der Waals surface area contributed by atoms with Crippen LogP contribution in [0.2, 0.25) is 10.0 Å². The number of aliphatic hydroxyl groups excluding tert-OH is 1. The zero-order valence-electron chi connectivity index (χ0n) is 14.3. The highest BCUT2D eigenvalue weighted by Crippen LogP contribution is 2.36. The van der Waals surface area contributed by atoms with Gasteiger partial charge in [0, 0.05) is 30.4 Å². The van der Waals surface area contributed by atoms with E-state index in [9.17, 15) is 9.90 Å². The molecule has 1 N–H and O–H groups in total. The van der Waals surface area contributed by atoms with E-state index in [0.717, 1.165) is 11.1 Å². The lowest BCUT2D eigenvalue weighted by molar-refractivity contribution is -0.144.